The molecule has 3 aromatic carbocycles. The summed E-state index contributed by atoms with van der Waals surface area (Å²) in [6.45, 7) is 17.2. The molecule has 3 aromatic rings. The van der Waals surface area contributed by atoms with E-state index in [1.54, 1.807) is 19.9 Å². The molecule has 0 atom stereocenters. The Bertz CT molecular complexity index is 1220. The zero-order valence-electron chi connectivity index (χ0n) is 21.6. The summed E-state index contributed by atoms with van der Waals surface area (Å²) >= 11 is 0. The molecule has 34 heavy (non-hydrogen) atoms. The van der Waals surface area contributed by atoms with Crippen molar-refractivity contribution in [1.82, 2.24) is 0 Å². The van der Waals surface area contributed by atoms with E-state index >= 15 is 0 Å². The maximum atomic E-state index is 14.8. The van der Waals surface area contributed by atoms with Crippen molar-refractivity contribution in [2.75, 3.05) is 11.9 Å². The fraction of sp³-hybridized carbons (Fsp3) is 0.300. The van der Waals surface area contributed by atoms with E-state index in [1.165, 1.54) is 33.9 Å². The third-order valence-electron chi connectivity index (χ3n) is 6.16. The van der Waals surface area contributed by atoms with Crippen molar-refractivity contribution in [3.05, 3.63) is 82.2 Å². The highest BCUT2D eigenvalue weighted by molar-refractivity contribution is 5.83. The molecule has 0 heterocycles. The van der Waals surface area contributed by atoms with Crippen molar-refractivity contribution >= 4 is 11.4 Å². The minimum absolute atomic E-state index is 0.128. The highest BCUT2D eigenvalue weighted by Crippen LogP contribution is 2.40. The van der Waals surface area contributed by atoms with Crippen LogP contribution in [0.1, 0.15) is 49.9 Å². The molecule has 1 N–H and O–H groups in total. The Balaban J connectivity index is 1.99. The molecule has 0 spiro atoms. The van der Waals surface area contributed by atoms with Crippen molar-refractivity contribution in [2.24, 2.45) is 5.16 Å². The maximum absolute atomic E-state index is 14.8. The maximum Gasteiger partial charge on any atom is 0.193 e. The van der Waals surface area contributed by atoms with Crippen LogP contribution in [0.5, 0.6) is 5.75 Å². The van der Waals surface area contributed by atoms with Gasteiger partial charge in [0.15, 0.2) is 11.6 Å². The van der Waals surface area contributed by atoms with E-state index in [9.17, 15) is 4.39 Å². The smallest absolute Gasteiger partial charge is 0.193 e. The van der Waals surface area contributed by atoms with Crippen molar-refractivity contribution in [3.63, 3.8) is 0 Å². The van der Waals surface area contributed by atoms with Gasteiger partial charge < -0.3 is 10.2 Å². The van der Waals surface area contributed by atoms with Crippen LogP contribution in [-0.2, 0) is 0 Å². The molecule has 3 nitrogen and oxygen atoms in total. The van der Waals surface area contributed by atoms with Crippen molar-refractivity contribution in [3.8, 4) is 28.0 Å². The first-order valence-electron chi connectivity index (χ1n) is 11.7. The number of hydrogen-bond acceptors (Lipinski definition) is 3. The summed E-state index contributed by atoms with van der Waals surface area (Å²) in [5.41, 5.74) is 12.2. The topological polar surface area (TPSA) is 33.6 Å². The molecular formula is C30H35FN2O. The second-order valence-electron chi connectivity index (χ2n) is 9.26. The van der Waals surface area contributed by atoms with Crippen LogP contribution < -0.4 is 10.2 Å². The van der Waals surface area contributed by atoms with Gasteiger partial charge in [0.05, 0.1) is 5.71 Å². The summed E-state index contributed by atoms with van der Waals surface area (Å²) < 4.78 is 14.8. The van der Waals surface area contributed by atoms with E-state index in [1.807, 2.05) is 6.07 Å². The largest absolute Gasteiger partial charge is 0.382 e. The summed E-state index contributed by atoms with van der Waals surface area (Å²) in [6.07, 6.45) is 2.17. The van der Waals surface area contributed by atoms with Crippen LogP contribution in [0, 0.1) is 33.5 Å². The molecule has 0 amide bonds. The fourth-order valence-corrected chi connectivity index (χ4v) is 4.18. The summed E-state index contributed by atoms with van der Waals surface area (Å²) in [5, 5.41) is 7.30. The summed E-state index contributed by atoms with van der Waals surface area (Å²) in [7, 11) is 0. The predicted molar refractivity (Wildman–Crippen MR) is 144 cm³/mol. The van der Waals surface area contributed by atoms with Gasteiger partial charge in [0.1, 0.15) is 0 Å². The van der Waals surface area contributed by atoms with Gasteiger partial charge in [-0.2, -0.15) is 0 Å². The Hall–Kier alpha value is -3.40. The van der Waals surface area contributed by atoms with Crippen molar-refractivity contribution in [1.29, 1.82) is 0 Å². The number of allylic oxidation sites excluding steroid dienone is 1. The van der Waals surface area contributed by atoms with E-state index in [-0.39, 0.29) is 5.75 Å². The Morgan fingerprint density at radius 2 is 1.35 bits per heavy atom. The van der Waals surface area contributed by atoms with Crippen molar-refractivity contribution < 1.29 is 9.23 Å². The highest BCUT2D eigenvalue weighted by Gasteiger charge is 2.18. The Labute approximate surface area is 203 Å². The summed E-state index contributed by atoms with van der Waals surface area (Å²) in [4.78, 5) is 5.22. The van der Waals surface area contributed by atoms with Gasteiger partial charge in [0.2, 0.25) is 0 Å². The van der Waals surface area contributed by atoms with Gasteiger partial charge in [-0.1, -0.05) is 35.0 Å². The molecule has 0 bridgehead atoms. The second-order valence-corrected chi connectivity index (χ2v) is 9.26. The van der Waals surface area contributed by atoms with Gasteiger partial charge >= 0.3 is 0 Å². The Kier molecular flexibility index (Phi) is 7.93. The van der Waals surface area contributed by atoms with E-state index < -0.39 is 5.82 Å². The van der Waals surface area contributed by atoms with Gasteiger partial charge in [0.25, 0.3) is 0 Å². The predicted octanol–water partition coefficient (Wildman–Crippen LogP) is 8.55. The quantitative estimate of drug-likeness (QED) is 0.219. The number of hydrogen-bond donors (Lipinski definition) is 1. The molecule has 0 aliphatic carbocycles. The zero-order chi connectivity index (χ0) is 25.0. The second kappa shape index (κ2) is 10.7. The van der Waals surface area contributed by atoms with Crippen LogP contribution in [0.3, 0.4) is 0 Å². The van der Waals surface area contributed by atoms with Crippen LogP contribution in [-0.4, -0.2) is 12.3 Å². The molecule has 3 rings (SSSR count). The van der Waals surface area contributed by atoms with E-state index in [4.69, 9.17) is 4.84 Å². The van der Waals surface area contributed by atoms with Crippen LogP contribution in [0.15, 0.2) is 59.3 Å². The number of nitrogens with zero attached hydrogens (tertiary/aromatic N) is 1. The number of rotatable bonds is 7. The SMILES string of the molecule is CC(C)=CCNc1ccc(-c2c(C)c(C)c(-c3ccc(ON=C(C)C)c(F)c3)c(C)c2C)cc1. The molecule has 178 valence electrons. The molecule has 0 fully saturated rings. The van der Waals surface area contributed by atoms with E-state index in [0.29, 0.717) is 0 Å². The molecule has 0 saturated heterocycles. The van der Waals surface area contributed by atoms with E-state index in [2.05, 4.69) is 82.4 Å². The molecule has 0 saturated carbocycles. The van der Waals surface area contributed by atoms with Gasteiger partial charge in [-0.3, -0.25) is 0 Å². The lowest BCUT2D eigenvalue weighted by molar-refractivity contribution is 0.321. The molecule has 0 aromatic heterocycles. The zero-order valence-corrected chi connectivity index (χ0v) is 21.6. The van der Waals surface area contributed by atoms with Crippen LogP contribution >= 0.6 is 0 Å². The molecule has 0 aliphatic heterocycles. The number of anilines is 1. The molecule has 4 heteroatoms. The normalized spacial score (nSPS) is 10.6. The summed E-state index contributed by atoms with van der Waals surface area (Å²) in [6, 6.07) is 13.7. The minimum atomic E-state index is -0.420. The third kappa shape index (κ3) is 5.56. The molecule has 0 radical (unpaired) electrons. The average Bonchev–Trinajstić information content (AvgIpc) is 2.78. The first-order chi connectivity index (χ1) is 16.1. The molecule has 0 unspecified atom stereocenters. The van der Waals surface area contributed by atoms with Gasteiger partial charge in [-0.25, -0.2) is 4.39 Å². The van der Waals surface area contributed by atoms with Crippen LogP contribution in [0.4, 0.5) is 10.1 Å². The Morgan fingerprint density at radius 3 is 1.85 bits per heavy atom. The Morgan fingerprint density at radius 1 is 0.824 bits per heavy atom. The molecular weight excluding hydrogens is 423 g/mol. The number of oxime groups is 1. The monoisotopic (exact) mass is 458 g/mol. The fourth-order valence-electron chi connectivity index (χ4n) is 4.18. The third-order valence-corrected chi connectivity index (χ3v) is 6.16. The van der Waals surface area contributed by atoms with Crippen LogP contribution in [0.25, 0.3) is 22.3 Å². The van der Waals surface area contributed by atoms with E-state index in [0.717, 1.165) is 40.2 Å². The minimum Gasteiger partial charge on any atom is -0.382 e. The number of halogens is 1. The standard InChI is InChI=1S/C30H35FN2O/c1-18(2)15-16-32-26-12-9-24(10-13-26)29-20(5)22(7)30(23(8)21(29)6)25-11-14-28(27(31)17-25)34-33-19(3)4/h9-15,17,32H,16H2,1-8H3. The number of nitrogens with one attached hydrogen (secondary N) is 1. The van der Waals surface area contributed by atoms with Gasteiger partial charge in [-0.15, -0.1) is 0 Å². The number of benzene rings is 3. The average molecular weight is 459 g/mol. The highest BCUT2D eigenvalue weighted by atomic mass is 19.1. The lowest BCUT2D eigenvalue weighted by Gasteiger charge is -2.21. The van der Waals surface area contributed by atoms with Crippen LogP contribution in [0.2, 0.25) is 0 Å². The molecule has 0 aliphatic rings. The van der Waals surface area contributed by atoms with Crippen molar-refractivity contribution in [2.45, 2.75) is 55.4 Å². The lowest BCUT2D eigenvalue weighted by atomic mass is 9.83. The first-order valence-corrected chi connectivity index (χ1v) is 11.7. The lowest BCUT2D eigenvalue weighted by Crippen LogP contribution is -2.01. The summed E-state index contributed by atoms with van der Waals surface area (Å²) in [5.74, 6) is -0.291. The van der Waals surface area contributed by atoms with Gasteiger partial charge in [0, 0.05) is 12.2 Å². The first kappa shape index (κ1) is 25.2. The van der Waals surface area contributed by atoms with Gasteiger partial charge in [-0.05, 0) is 124 Å².